The Hall–Kier alpha value is -2.74. The van der Waals surface area contributed by atoms with Crippen molar-refractivity contribution in [2.45, 2.75) is 20.4 Å². The average Bonchev–Trinajstić information content (AvgIpc) is 3.21. The lowest BCUT2D eigenvalue weighted by atomic mass is 10.1. The number of nitrogens with zero attached hydrogens (tertiary/aromatic N) is 4. The maximum atomic E-state index is 12.5. The highest BCUT2D eigenvalue weighted by atomic mass is 35.5. The topological polar surface area (TPSA) is 74.5 Å². The molecule has 3 aromatic rings. The van der Waals surface area contributed by atoms with Gasteiger partial charge < -0.3 is 9.84 Å². The third-order valence-electron chi connectivity index (χ3n) is 5.49. The van der Waals surface area contributed by atoms with Gasteiger partial charge in [0, 0.05) is 42.5 Å². The van der Waals surface area contributed by atoms with Crippen LogP contribution in [0.2, 0.25) is 5.02 Å². The van der Waals surface area contributed by atoms with E-state index in [-0.39, 0.29) is 5.91 Å². The number of benzene rings is 2. The van der Waals surface area contributed by atoms with E-state index in [0.29, 0.717) is 29.8 Å². The van der Waals surface area contributed by atoms with Crippen LogP contribution in [-0.4, -0.2) is 58.6 Å². The predicted molar refractivity (Wildman–Crippen MR) is 121 cm³/mol. The number of aryl methyl sites for hydroxylation is 2. The number of halogens is 1. The van der Waals surface area contributed by atoms with Gasteiger partial charge in [-0.2, -0.15) is 4.98 Å². The average molecular weight is 440 g/mol. The molecule has 1 fully saturated rings. The number of rotatable bonds is 6. The minimum atomic E-state index is 0.0221. The monoisotopic (exact) mass is 439 g/mol. The molecule has 0 saturated carbocycles. The summed E-state index contributed by atoms with van der Waals surface area (Å²) in [5, 5.41) is 7.77. The van der Waals surface area contributed by atoms with E-state index in [1.807, 2.05) is 56.3 Å². The Balaban J connectivity index is 1.26. The SMILES string of the molecule is Cc1cccc(C)c1NC(=O)CN1CCN(Cc2nc(-c3cccc(Cl)c3)no2)CC1. The second-order valence-corrected chi connectivity index (χ2v) is 8.33. The minimum Gasteiger partial charge on any atom is -0.338 e. The molecule has 0 bridgehead atoms. The Morgan fingerprint density at radius 1 is 1.06 bits per heavy atom. The van der Waals surface area contributed by atoms with Crippen LogP contribution >= 0.6 is 11.6 Å². The lowest BCUT2D eigenvalue weighted by molar-refractivity contribution is -0.117. The molecule has 0 radical (unpaired) electrons. The van der Waals surface area contributed by atoms with Crippen LogP contribution in [-0.2, 0) is 11.3 Å². The summed E-state index contributed by atoms with van der Waals surface area (Å²) in [4.78, 5) is 21.4. The molecule has 2 aromatic carbocycles. The number of anilines is 1. The van der Waals surface area contributed by atoms with Crippen molar-refractivity contribution in [1.29, 1.82) is 0 Å². The zero-order valence-electron chi connectivity index (χ0n) is 17.8. The molecule has 0 atom stereocenters. The van der Waals surface area contributed by atoms with Crippen LogP contribution in [0, 0.1) is 13.8 Å². The molecular weight excluding hydrogens is 414 g/mol. The van der Waals surface area contributed by atoms with Gasteiger partial charge in [0.2, 0.25) is 17.6 Å². The molecule has 7 nitrogen and oxygen atoms in total. The summed E-state index contributed by atoms with van der Waals surface area (Å²) in [6.07, 6.45) is 0. The van der Waals surface area contributed by atoms with Gasteiger partial charge in [-0.05, 0) is 37.1 Å². The van der Waals surface area contributed by atoms with E-state index in [0.717, 1.165) is 48.6 Å². The van der Waals surface area contributed by atoms with Gasteiger partial charge >= 0.3 is 0 Å². The third-order valence-corrected chi connectivity index (χ3v) is 5.72. The van der Waals surface area contributed by atoms with Gasteiger partial charge in [0.25, 0.3) is 0 Å². The molecule has 31 heavy (non-hydrogen) atoms. The first-order chi connectivity index (χ1) is 15.0. The Kier molecular flexibility index (Phi) is 6.65. The van der Waals surface area contributed by atoms with E-state index in [2.05, 4.69) is 25.3 Å². The first-order valence-electron chi connectivity index (χ1n) is 10.4. The first kappa shape index (κ1) is 21.5. The van der Waals surface area contributed by atoms with E-state index in [4.69, 9.17) is 16.1 Å². The molecule has 1 aromatic heterocycles. The summed E-state index contributed by atoms with van der Waals surface area (Å²) < 4.78 is 5.42. The lowest BCUT2D eigenvalue weighted by Gasteiger charge is -2.33. The second kappa shape index (κ2) is 9.60. The van der Waals surface area contributed by atoms with Crippen LogP contribution in [0.1, 0.15) is 17.0 Å². The van der Waals surface area contributed by atoms with Gasteiger partial charge in [-0.25, -0.2) is 0 Å². The van der Waals surface area contributed by atoms with E-state index >= 15 is 0 Å². The summed E-state index contributed by atoms with van der Waals surface area (Å²) >= 11 is 6.04. The van der Waals surface area contributed by atoms with Gasteiger partial charge in [0.05, 0.1) is 13.1 Å². The number of para-hydroxylation sites is 1. The van der Waals surface area contributed by atoms with Gasteiger partial charge in [0.15, 0.2) is 0 Å². The van der Waals surface area contributed by atoms with Gasteiger partial charge in [-0.3, -0.25) is 14.6 Å². The zero-order chi connectivity index (χ0) is 21.8. The number of piperazine rings is 1. The van der Waals surface area contributed by atoms with Crippen LogP contribution in [0.15, 0.2) is 47.0 Å². The molecule has 1 N–H and O–H groups in total. The minimum absolute atomic E-state index is 0.0221. The van der Waals surface area contributed by atoms with E-state index in [1.165, 1.54) is 0 Å². The summed E-state index contributed by atoms with van der Waals surface area (Å²) in [7, 11) is 0. The molecule has 1 saturated heterocycles. The zero-order valence-corrected chi connectivity index (χ0v) is 18.5. The van der Waals surface area contributed by atoms with Crippen molar-refractivity contribution in [3.05, 3.63) is 64.5 Å². The normalized spacial score (nSPS) is 15.2. The van der Waals surface area contributed by atoms with Crippen molar-refractivity contribution < 1.29 is 9.32 Å². The first-order valence-corrected chi connectivity index (χ1v) is 10.7. The molecule has 4 rings (SSSR count). The number of hydrogen-bond donors (Lipinski definition) is 1. The quantitative estimate of drug-likeness (QED) is 0.630. The largest absolute Gasteiger partial charge is 0.338 e. The maximum absolute atomic E-state index is 12.5. The van der Waals surface area contributed by atoms with E-state index in [1.54, 1.807) is 0 Å². The standard InChI is InChI=1S/C23H26ClN5O2/c1-16-5-3-6-17(2)22(16)25-20(30)14-28-9-11-29(12-10-28)15-21-26-23(27-31-21)18-7-4-8-19(24)13-18/h3-8,13H,9-12,14-15H2,1-2H3,(H,25,30). The highest BCUT2D eigenvalue weighted by molar-refractivity contribution is 6.30. The van der Waals surface area contributed by atoms with Crippen LogP contribution in [0.4, 0.5) is 5.69 Å². The van der Waals surface area contributed by atoms with Crippen molar-refractivity contribution in [3.63, 3.8) is 0 Å². The number of amides is 1. The van der Waals surface area contributed by atoms with Gasteiger partial charge in [-0.15, -0.1) is 0 Å². The number of aromatic nitrogens is 2. The molecule has 162 valence electrons. The number of carbonyl (C=O) groups is 1. The van der Waals surface area contributed by atoms with Crippen molar-refractivity contribution in [2.24, 2.45) is 0 Å². The summed E-state index contributed by atoms with van der Waals surface area (Å²) in [5.74, 6) is 1.14. The second-order valence-electron chi connectivity index (χ2n) is 7.89. The fourth-order valence-electron chi connectivity index (χ4n) is 3.75. The van der Waals surface area contributed by atoms with Crippen LogP contribution < -0.4 is 5.32 Å². The fourth-order valence-corrected chi connectivity index (χ4v) is 3.94. The molecular formula is C23H26ClN5O2. The van der Waals surface area contributed by atoms with Gasteiger partial charge in [-0.1, -0.05) is 47.1 Å². The molecule has 1 aliphatic rings. The number of hydrogen-bond acceptors (Lipinski definition) is 6. The lowest BCUT2D eigenvalue weighted by Crippen LogP contribution is -2.48. The van der Waals surface area contributed by atoms with Crippen molar-refractivity contribution in [3.8, 4) is 11.4 Å². The summed E-state index contributed by atoms with van der Waals surface area (Å²) in [6.45, 7) is 8.31. The molecule has 2 heterocycles. The molecule has 0 spiro atoms. The number of nitrogens with one attached hydrogen (secondary N) is 1. The smallest absolute Gasteiger partial charge is 0.241 e. The summed E-state index contributed by atoms with van der Waals surface area (Å²) in [6, 6.07) is 13.4. The molecule has 1 aliphatic heterocycles. The van der Waals surface area contributed by atoms with Crippen molar-refractivity contribution in [1.82, 2.24) is 19.9 Å². The highest BCUT2D eigenvalue weighted by Crippen LogP contribution is 2.21. The van der Waals surface area contributed by atoms with Crippen molar-refractivity contribution >= 4 is 23.2 Å². The maximum Gasteiger partial charge on any atom is 0.241 e. The molecule has 0 aliphatic carbocycles. The molecule has 8 heteroatoms. The Labute approximate surface area is 187 Å². The van der Waals surface area contributed by atoms with Crippen LogP contribution in [0.5, 0.6) is 0 Å². The fraction of sp³-hybridized carbons (Fsp3) is 0.348. The van der Waals surface area contributed by atoms with Crippen molar-refractivity contribution in [2.75, 3.05) is 38.0 Å². The van der Waals surface area contributed by atoms with Gasteiger partial charge in [0.1, 0.15) is 0 Å². The highest BCUT2D eigenvalue weighted by Gasteiger charge is 2.21. The summed E-state index contributed by atoms with van der Waals surface area (Å²) in [5.41, 5.74) is 3.91. The predicted octanol–water partition coefficient (Wildman–Crippen LogP) is 3.76. The van der Waals surface area contributed by atoms with Crippen LogP contribution in [0.25, 0.3) is 11.4 Å². The molecule has 0 unspecified atom stereocenters. The number of carbonyl (C=O) groups excluding carboxylic acids is 1. The Morgan fingerprint density at radius 3 is 2.45 bits per heavy atom. The Bertz CT molecular complexity index is 1040. The Morgan fingerprint density at radius 2 is 1.74 bits per heavy atom. The van der Waals surface area contributed by atoms with E-state index in [9.17, 15) is 4.79 Å². The third kappa shape index (κ3) is 5.50. The van der Waals surface area contributed by atoms with E-state index < -0.39 is 0 Å². The molecule has 1 amide bonds. The van der Waals surface area contributed by atoms with Crippen LogP contribution in [0.3, 0.4) is 0 Å².